The minimum absolute atomic E-state index is 0.224. The van der Waals surface area contributed by atoms with Crippen LogP contribution in [-0.4, -0.2) is 38.0 Å². The van der Waals surface area contributed by atoms with Crippen molar-refractivity contribution in [1.29, 1.82) is 0 Å². The van der Waals surface area contributed by atoms with Gasteiger partial charge in [-0.25, -0.2) is 0 Å². The molecule has 3 nitrogen and oxygen atoms in total. The van der Waals surface area contributed by atoms with E-state index in [2.05, 4.69) is 10.2 Å². The first-order valence-corrected chi connectivity index (χ1v) is 5.03. The minimum Gasteiger partial charge on any atom is -0.355 e. The zero-order valence-electron chi connectivity index (χ0n) is 8.84. The summed E-state index contributed by atoms with van der Waals surface area (Å²) in [5.41, 5.74) is 0. The smallest absolute Gasteiger partial charge is 0.223 e. The minimum atomic E-state index is 0.224. The topological polar surface area (TPSA) is 32.3 Å². The van der Waals surface area contributed by atoms with Gasteiger partial charge in [0.15, 0.2) is 0 Å². The van der Waals surface area contributed by atoms with Crippen molar-refractivity contribution in [3.63, 3.8) is 0 Å². The van der Waals surface area contributed by atoms with Crippen molar-refractivity contribution in [2.75, 3.05) is 27.2 Å². The second kappa shape index (κ2) is 4.61. The zero-order chi connectivity index (χ0) is 9.84. The Bertz CT molecular complexity index is 176. The third kappa shape index (κ3) is 3.77. The number of carbonyl (C=O) groups excluding carboxylic acids is 1. The van der Waals surface area contributed by atoms with Crippen molar-refractivity contribution in [3.05, 3.63) is 0 Å². The molecule has 0 spiro atoms. The molecule has 1 unspecified atom stereocenters. The number of rotatable bonds is 5. The number of hydrogen-bond acceptors (Lipinski definition) is 2. The first-order valence-electron chi connectivity index (χ1n) is 5.03. The largest absolute Gasteiger partial charge is 0.355 e. The summed E-state index contributed by atoms with van der Waals surface area (Å²) in [4.78, 5) is 13.5. The van der Waals surface area contributed by atoms with Crippen LogP contribution in [0.5, 0.6) is 0 Å². The van der Waals surface area contributed by atoms with E-state index in [4.69, 9.17) is 0 Å². The van der Waals surface area contributed by atoms with E-state index >= 15 is 0 Å². The summed E-state index contributed by atoms with van der Waals surface area (Å²) >= 11 is 0. The fraction of sp³-hybridized carbons (Fsp3) is 0.900. The normalized spacial score (nSPS) is 18.8. The highest BCUT2D eigenvalue weighted by molar-refractivity contribution is 5.78. The van der Waals surface area contributed by atoms with E-state index in [0.717, 1.165) is 13.1 Å². The molecule has 1 fully saturated rings. The number of carbonyl (C=O) groups is 1. The molecular formula is C10H20N2O. The number of hydrogen-bond donors (Lipinski definition) is 1. The van der Waals surface area contributed by atoms with Crippen molar-refractivity contribution in [2.24, 2.45) is 11.8 Å². The summed E-state index contributed by atoms with van der Waals surface area (Å²) in [5, 5.41) is 2.95. The van der Waals surface area contributed by atoms with Crippen LogP contribution in [0.2, 0.25) is 0 Å². The van der Waals surface area contributed by atoms with Crippen molar-refractivity contribution in [2.45, 2.75) is 19.8 Å². The zero-order valence-corrected chi connectivity index (χ0v) is 8.84. The van der Waals surface area contributed by atoms with Gasteiger partial charge >= 0.3 is 0 Å². The number of nitrogens with zero attached hydrogens (tertiary/aromatic N) is 1. The maximum Gasteiger partial charge on any atom is 0.223 e. The van der Waals surface area contributed by atoms with Gasteiger partial charge in [0.05, 0.1) is 0 Å². The molecule has 1 rings (SSSR count). The molecule has 1 atom stereocenters. The van der Waals surface area contributed by atoms with E-state index in [-0.39, 0.29) is 11.8 Å². The van der Waals surface area contributed by atoms with E-state index in [9.17, 15) is 4.79 Å². The fourth-order valence-corrected chi connectivity index (χ4v) is 1.37. The Hall–Kier alpha value is -0.570. The second-order valence-corrected chi connectivity index (χ2v) is 4.22. The van der Waals surface area contributed by atoms with Crippen molar-refractivity contribution in [3.8, 4) is 0 Å². The SMILES string of the molecule is CC(C(=O)NCCN(C)C)C1CC1. The summed E-state index contributed by atoms with van der Waals surface area (Å²) in [6.07, 6.45) is 2.48. The van der Waals surface area contributed by atoms with E-state index in [1.165, 1.54) is 12.8 Å². The predicted molar refractivity (Wildman–Crippen MR) is 53.5 cm³/mol. The van der Waals surface area contributed by atoms with Gasteiger partial charge in [0.25, 0.3) is 0 Å². The average Bonchev–Trinajstić information content (AvgIpc) is 2.84. The van der Waals surface area contributed by atoms with Crippen LogP contribution < -0.4 is 5.32 Å². The predicted octanol–water partition coefficient (Wildman–Crippen LogP) is 0.710. The summed E-state index contributed by atoms with van der Waals surface area (Å²) in [7, 11) is 4.02. The van der Waals surface area contributed by atoms with Gasteiger partial charge < -0.3 is 10.2 Å². The van der Waals surface area contributed by atoms with Crippen LogP contribution in [0.15, 0.2) is 0 Å². The highest BCUT2D eigenvalue weighted by Crippen LogP contribution is 2.36. The van der Waals surface area contributed by atoms with Crippen molar-refractivity contribution < 1.29 is 4.79 Å². The average molecular weight is 184 g/mol. The summed E-state index contributed by atoms with van der Waals surface area (Å²) in [6.45, 7) is 3.72. The molecule has 0 aromatic rings. The summed E-state index contributed by atoms with van der Waals surface area (Å²) in [5.74, 6) is 1.12. The highest BCUT2D eigenvalue weighted by Gasteiger charge is 2.32. The van der Waals surface area contributed by atoms with Crippen LogP contribution in [-0.2, 0) is 4.79 Å². The van der Waals surface area contributed by atoms with Crippen LogP contribution in [0, 0.1) is 11.8 Å². The van der Waals surface area contributed by atoms with Gasteiger partial charge in [-0.15, -0.1) is 0 Å². The quantitative estimate of drug-likeness (QED) is 0.682. The Morgan fingerprint density at radius 1 is 1.54 bits per heavy atom. The molecule has 0 aliphatic heterocycles. The van der Waals surface area contributed by atoms with Gasteiger partial charge in [-0.3, -0.25) is 4.79 Å². The summed E-state index contributed by atoms with van der Waals surface area (Å²) in [6, 6.07) is 0. The lowest BCUT2D eigenvalue weighted by Gasteiger charge is -2.13. The molecule has 0 aromatic heterocycles. The summed E-state index contributed by atoms with van der Waals surface area (Å²) < 4.78 is 0. The Balaban J connectivity index is 2.09. The third-order valence-corrected chi connectivity index (χ3v) is 2.60. The Kier molecular flexibility index (Phi) is 3.72. The number of amides is 1. The highest BCUT2D eigenvalue weighted by atomic mass is 16.1. The Labute approximate surface area is 80.5 Å². The first-order chi connectivity index (χ1) is 6.11. The lowest BCUT2D eigenvalue weighted by atomic mass is 10.1. The van der Waals surface area contributed by atoms with Gasteiger partial charge in [0, 0.05) is 19.0 Å². The lowest BCUT2D eigenvalue weighted by Crippen LogP contribution is -2.35. The van der Waals surface area contributed by atoms with Crippen LogP contribution in [0.25, 0.3) is 0 Å². The first kappa shape index (κ1) is 10.5. The molecular weight excluding hydrogens is 164 g/mol. The van der Waals surface area contributed by atoms with E-state index in [1.807, 2.05) is 21.0 Å². The van der Waals surface area contributed by atoms with Gasteiger partial charge in [-0.05, 0) is 32.9 Å². The Morgan fingerprint density at radius 2 is 2.15 bits per heavy atom. The van der Waals surface area contributed by atoms with Crippen molar-refractivity contribution in [1.82, 2.24) is 10.2 Å². The molecule has 1 N–H and O–H groups in total. The molecule has 0 radical (unpaired) electrons. The molecule has 0 aromatic carbocycles. The molecule has 0 bridgehead atoms. The van der Waals surface area contributed by atoms with Gasteiger partial charge in [-0.1, -0.05) is 6.92 Å². The van der Waals surface area contributed by atoms with Gasteiger partial charge in [0.1, 0.15) is 0 Å². The third-order valence-electron chi connectivity index (χ3n) is 2.60. The molecule has 0 saturated heterocycles. The second-order valence-electron chi connectivity index (χ2n) is 4.22. The standard InChI is InChI=1S/C10H20N2O/c1-8(9-4-5-9)10(13)11-6-7-12(2)3/h8-9H,4-7H2,1-3H3,(H,11,13). The maximum atomic E-state index is 11.5. The molecule has 13 heavy (non-hydrogen) atoms. The number of nitrogens with one attached hydrogen (secondary N) is 1. The van der Waals surface area contributed by atoms with Crippen LogP contribution >= 0.6 is 0 Å². The van der Waals surface area contributed by atoms with Crippen LogP contribution in [0.4, 0.5) is 0 Å². The van der Waals surface area contributed by atoms with Crippen LogP contribution in [0.3, 0.4) is 0 Å². The molecule has 1 aliphatic carbocycles. The monoisotopic (exact) mass is 184 g/mol. The van der Waals surface area contributed by atoms with Gasteiger partial charge in [0.2, 0.25) is 5.91 Å². The fourth-order valence-electron chi connectivity index (χ4n) is 1.37. The molecule has 3 heteroatoms. The van der Waals surface area contributed by atoms with E-state index < -0.39 is 0 Å². The molecule has 1 aliphatic rings. The van der Waals surface area contributed by atoms with Gasteiger partial charge in [-0.2, -0.15) is 0 Å². The molecule has 76 valence electrons. The molecule has 1 amide bonds. The van der Waals surface area contributed by atoms with Crippen molar-refractivity contribution >= 4 is 5.91 Å². The van der Waals surface area contributed by atoms with Crippen LogP contribution in [0.1, 0.15) is 19.8 Å². The maximum absolute atomic E-state index is 11.5. The number of likely N-dealkylation sites (N-methyl/N-ethyl adjacent to an activating group) is 1. The Morgan fingerprint density at radius 3 is 2.62 bits per heavy atom. The lowest BCUT2D eigenvalue weighted by molar-refractivity contribution is -0.125. The molecule has 1 saturated carbocycles. The van der Waals surface area contributed by atoms with E-state index in [1.54, 1.807) is 0 Å². The van der Waals surface area contributed by atoms with E-state index in [0.29, 0.717) is 5.92 Å². The molecule has 0 heterocycles.